The Balaban J connectivity index is 1.59. The Kier molecular flexibility index (Phi) is 5.35. The van der Waals surface area contributed by atoms with Crippen LogP contribution in [0, 0.1) is 6.92 Å². The molecule has 0 radical (unpaired) electrons. The van der Waals surface area contributed by atoms with Gasteiger partial charge in [0.2, 0.25) is 0 Å². The van der Waals surface area contributed by atoms with Crippen molar-refractivity contribution in [2.24, 2.45) is 0 Å². The van der Waals surface area contributed by atoms with Crippen molar-refractivity contribution in [3.05, 3.63) is 94.2 Å². The van der Waals surface area contributed by atoms with E-state index < -0.39 is 0 Å². The van der Waals surface area contributed by atoms with Gasteiger partial charge in [0.15, 0.2) is 0 Å². The largest absolute Gasteiger partial charge is 0.306 e. The van der Waals surface area contributed by atoms with E-state index in [1.807, 2.05) is 55.5 Å². The van der Waals surface area contributed by atoms with E-state index in [1.165, 1.54) is 0 Å². The van der Waals surface area contributed by atoms with Gasteiger partial charge in [-0.1, -0.05) is 48.5 Å². The van der Waals surface area contributed by atoms with Crippen molar-refractivity contribution in [2.75, 3.05) is 7.05 Å². The summed E-state index contributed by atoms with van der Waals surface area (Å²) in [4.78, 5) is 22.6. The molecule has 2 aromatic carbocycles. The zero-order valence-corrected chi connectivity index (χ0v) is 16.5. The molecular weight excluding hydrogens is 362 g/mol. The zero-order chi connectivity index (χ0) is 20.2. The van der Waals surface area contributed by atoms with E-state index in [-0.39, 0.29) is 5.56 Å². The molecule has 0 spiro atoms. The number of nitrogens with one attached hydrogen (secondary N) is 2. The van der Waals surface area contributed by atoms with E-state index in [2.05, 4.69) is 44.2 Å². The Hall–Kier alpha value is -3.51. The van der Waals surface area contributed by atoms with E-state index in [9.17, 15) is 4.79 Å². The molecule has 0 fully saturated rings. The molecule has 6 nitrogen and oxygen atoms in total. The summed E-state index contributed by atoms with van der Waals surface area (Å²) in [6.45, 7) is 3.44. The van der Waals surface area contributed by atoms with Crippen molar-refractivity contribution in [1.82, 2.24) is 25.1 Å². The smallest absolute Gasteiger partial charge is 0.259 e. The first-order valence-corrected chi connectivity index (χ1v) is 9.52. The first-order valence-electron chi connectivity index (χ1n) is 9.52. The Morgan fingerprint density at radius 1 is 0.966 bits per heavy atom. The third-order valence-electron chi connectivity index (χ3n) is 4.81. The molecule has 0 unspecified atom stereocenters. The molecule has 0 saturated carbocycles. The second-order valence-corrected chi connectivity index (χ2v) is 7.20. The summed E-state index contributed by atoms with van der Waals surface area (Å²) in [6, 6.07) is 19.7. The first-order chi connectivity index (χ1) is 14.1. The van der Waals surface area contributed by atoms with E-state index >= 15 is 0 Å². The molecule has 0 amide bonds. The van der Waals surface area contributed by atoms with Crippen molar-refractivity contribution in [3.8, 4) is 22.5 Å². The second kappa shape index (κ2) is 8.24. The third-order valence-corrected chi connectivity index (χ3v) is 4.81. The first kappa shape index (κ1) is 18.8. The number of hydrogen-bond donors (Lipinski definition) is 2. The monoisotopic (exact) mass is 385 g/mol. The molecule has 2 N–H and O–H groups in total. The Labute approximate surface area is 169 Å². The number of benzene rings is 2. The average Bonchev–Trinajstić information content (AvgIpc) is 3.21. The summed E-state index contributed by atoms with van der Waals surface area (Å²) in [5.74, 6) is 0.588. The minimum atomic E-state index is -0.125. The molecule has 6 heteroatoms. The number of rotatable bonds is 6. The summed E-state index contributed by atoms with van der Waals surface area (Å²) in [5, 5.41) is 6.97. The van der Waals surface area contributed by atoms with Crippen LogP contribution in [0.2, 0.25) is 0 Å². The number of aromatic nitrogens is 4. The van der Waals surface area contributed by atoms with Gasteiger partial charge in [-0.3, -0.25) is 14.8 Å². The highest BCUT2D eigenvalue weighted by Gasteiger charge is 2.12. The Morgan fingerprint density at radius 2 is 1.76 bits per heavy atom. The maximum atomic E-state index is 12.8. The average molecular weight is 385 g/mol. The van der Waals surface area contributed by atoms with Crippen LogP contribution in [0.1, 0.15) is 17.0 Å². The Bertz CT molecular complexity index is 1150. The molecule has 4 aromatic rings. The highest BCUT2D eigenvalue weighted by atomic mass is 16.1. The predicted octanol–water partition coefficient (Wildman–Crippen LogP) is 3.77. The quantitative estimate of drug-likeness (QED) is 0.530. The van der Waals surface area contributed by atoms with Gasteiger partial charge in [-0.15, -0.1) is 0 Å². The number of hydrogen-bond acceptors (Lipinski definition) is 4. The van der Waals surface area contributed by atoms with Crippen molar-refractivity contribution < 1.29 is 0 Å². The van der Waals surface area contributed by atoms with Gasteiger partial charge < -0.3 is 4.98 Å². The molecule has 4 rings (SSSR count). The highest BCUT2D eigenvalue weighted by molar-refractivity contribution is 5.66. The lowest BCUT2D eigenvalue weighted by Crippen LogP contribution is -2.17. The molecule has 2 heterocycles. The van der Waals surface area contributed by atoms with Gasteiger partial charge in [0.05, 0.1) is 11.3 Å². The number of nitrogens with zero attached hydrogens (tertiary/aromatic N) is 3. The maximum Gasteiger partial charge on any atom is 0.259 e. The second-order valence-electron chi connectivity index (χ2n) is 7.20. The van der Waals surface area contributed by atoms with Crippen LogP contribution in [0.5, 0.6) is 0 Å². The molecule has 0 aliphatic rings. The fourth-order valence-corrected chi connectivity index (χ4v) is 3.52. The van der Waals surface area contributed by atoms with E-state index in [4.69, 9.17) is 0 Å². The summed E-state index contributed by atoms with van der Waals surface area (Å²) in [5.41, 5.74) is 5.21. The molecule has 0 aliphatic carbocycles. The fourth-order valence-electron chi connectivity index (χ4n) is 3.52. The van der Waals surface area contributed by atoms with Crippen LogP contribution >= 0.6 is 0 Å². The maximum absolute atomic E-state index is 12.8. The SMILES string of the molecule is Cc1nc(-c2cccc(CN(C)Cc3ccn[nH]3)c2)[nH]c(=O)c1-c1ccccc1. The molecule has 29 heavy (non-hydrogen) atoms. The predicted molar refractivity (Wildman–Crippen MR) is 114 cm³/mol. The number of aryl methyl sites for hydroxylation is 1. The highest BCUT2D eigenvalue weighted by Crippen LogP contribution is 2.22. The van der Waals surface area contributed by atoms with Crippen LogP contribution in [0.15, 0.2) is 71.7 Å². The van der Waals surface area contributed by atoms with E-state index in [1.54, 1.807) is 6.20 Å². The summed E-state index contributed by atoms with van der Waals surface area (Å²) in [7, 11) is 2.06. The lowest BCUT2D eigenvalue weighted by molar-refractivity contribution is 0.315. The standard InChI is InChI=1S/C23H23N5O/c1-16-21(18-8-4-3-5-9-18)23(29)26-22(25-16)19-10-6-7-17(13-19)14-28(2)15-20-11-12-24-27-20/h3-13H,14-15H2,1-2H3,(H,24,27)(H,25,26,29). The van der Waals surface area contributed by atoms with Gasteiger partial charge in [-0.25, -0.2) is 4.98 Å². The molecule has 0 bridgehead atoms. The molecule has 0 saturated heterocycles. The van der Waals surface area contributed by atoms with E-state index in [0.29, 0.717) is 11.4 Å². The minimum absolute atomic E-state index is 0.125. The van der Waals surface area contributed by atoms with Gasteiger partial charge in [0, 0.05) is 30.5 Å². The van der Waals surface area contributed by atoms with Crippen molar-refractivity contribution >= 4 is 0 Å². The Morgan fingerprint density at radius 3 is 2.48 bits per heavy atom. The van der Waals surface area contributed by atoms with Gasteiger partial charge in [-0.05, 0) is 37.2 Å². The fraction of sp³-hybridized carbons (Fsp3) is 0.174. The molecule has 0 aliphatic heterocycles. The topological polar surface area (TPSA) is 77.7 Å². The van der Waals surface area contributed by atoms with Crippen LogP contribution in [-0.4, -0.2) is 32.1 Å². The number of aromatic amines is 2. The van der Waals surface area contributed by atoms with Crippen LogP contribution in [-0.2, 0) is 13.1 Å². The third kappa shape index (κ3) is 4.33. The van der Waals surface area contributed by atoms with Crippen LogP contribution in [0.3, 0.4) is 0 Å². The van der Waals surface area contributed by atoms with Crippen molar-refractivity contribution in [3.63, 3.8) is 0 Å². The van der Waals surface area contributed by atoms with Crippen LogP contribution < -0.4 is 5.56 Å². The van der Waals surface area contributed by atoms with Gasteiger partial charge in [0.1, 0.15) is 5.82 Å². The summed E-state index contributed by atoms with van der Waals surface area (Å²) >= 11 is 0. The van der Waals surface area contributed by atoms with Gasteiger partial charge in [0.25, 0.3) is 5.56 Å². The lowest BCUT2D eigenvalue weighted by atomic mass is 10.1. The molecule has 146 valence electrons. The van der Waals surface area contributed by atoms with E-state index in [0.717, 1.165) is 41.2 Å². The van der Waals surface area contributed by atoms with Crippen molar-refractivity contribution in [1.29, 1.82) is 0 Å². The number of H-pyrrole nitrogens is 2. The lowest BCUT2D eigenvalue weighted by Gasteiger charge is -2.16. The van der Waals surface area contributed by atoms with Crippen molar-refractivity contribution in [2.45, 2.75) is 20.0 Å². The van der Waals surface area contributed by atoms with Gasteiger partial charge in [-0.2, -0.15) is 5.10 Å². The van der Waals surface area contributed by atoms with Gasteiger partial charge >= 0.3 is 0 Å². The molecule has 2 aromatic heterocycles. The molecular formula is C23H23N5O. The summed E-state index contributed by atoms with van der Waals surface area (Å²) < 4.78 is 0. The zero-order valence-electron chi connectivity index (χ0n) is 16.5. The molecule has 0 atom stereocenters. The normalized spacial score (nSPS) is 11.1. The van der Waals surface area contributed by atoms with Crippen LogP contribution in [0.25, 0.3) is 22.5 Å². The summed E-state index contributed by atoms with van der Waals surface area (Å²) in [6.07, 6.45) is 1.76. The minimum Gasteiger partial charge on any atom is -0.306 e. The van der Waals surface area contributed by atoms with Crippen LogP contribution in [0.4, 0.5) is 0 Å².